The molecule has 18 heavy (non-hydrogen) atoms. The first-order valence-corrected chi connectivity index (χ1v) is 8.70. The maximum atomic E-state index is 3.60. The lowest BCUT2D eigenvalue weighted by Crippen LogP contribution is -2.43. The number of hydrogen-bond acceptors (Lipinski definition) is 2. The minimum atomic E-state index is -1.04. The standard InChI is InChI=1S/C15H20N2Si/c1-18(16-12-14-8-4-2-5-9-14)17-13-15-10-6-3-7-11-15/h2-11,16-18H,12-13H2,1H3. The first kappa shape index (κ1) is 13.0. The molecule has 2 aromatic carbocycles. The van der Waals surface area contributed by atoms with Gasteiger partial charge in [-0.2, -0.15) is 0 Å². The molecule has 0 unspecified atom stereocenters. The second-order valence-corrected chi connectivity index (χ2v) is 6.71. The van der Waals surface area contributed by atoms with Crippen molar-refractivity contribution in [1.29, 1.82) is 0 Å². The van der Waals surface area contributed by atoms with Crippen molar-refractivity contribution in [2.75, 3.05) is 0 Å². The van der Waals surface area contributed by atoms with Gasteiger partial charge in [-0.05, 0) is 17.7 Å². The van der Waals surface area contributed by atoms with Gasteiger partial charge in [0, 0.05) is 13.1 Å². The van der Waals surface area contributed by atoms with E-state index < -0.39 is 9.12 Å². The molecule has 3 heteroatoms. The SMILES string of the molecule is C[SiH](NCc1ccccc1)NCc1ccccc1. The van der Waals surface area contributed by atoms with Crippen LogP contribution < -0.4 is 9.96 Å². The molecule has 2 rings (SSSR count). The predicted octanol–water partition coefficient (Wildman–Crippen LogP) is 2.42. The average Bonchev–Trinajstić information content (AvgIpc) is 2.45. The topological polar surface area (TPSA) is 24.1 Å². The lowest BCUT2D eigenvalue weighted by atomic mass is 10.2. The Morgan fingerprint density at radius 1 is 0.722 bits per heavy atom. The van der Waals surface area contributed by atoms with Gasteiger partial charge in [0.2, 0.25) is 0 Å². The van der Waals surface area contributed by atoms with Gasteiger partial charge in [-0.3, -0.25) is 0 Å². The highest BCUT2D eigenvalue weighted by atomic mass is 28.3. The van der Waals surface area contributed by atoms with Gasteiger partial charge in [0.25, 0.3) is 0 Å². The summed E-state index contributed by atoms with van der Waals surface area (Å²) in [5.41, 5.74) is 2.69. The molecule has 2 aromatic rings. The Bertz CT molecular complexity index is 401. The maximum absolute atomic E-state index is 3.60. The number of hydrogen-bond donors (Lipinski definition) is 2. The van der Waals surface area contributed by atoms with Crippen LogP contribution in [0.25, 0.3) is 0 Å². The molecule has 0 aliphatic heterocycles. The van der Waals surface area contributed by atoms with Crippen LogP contribution >= 0.6 is 0 Å². The van der Waals surface area contributed by atoms with Crippen molar-refractivity contribution in [3.05, 3.63) is 71.8 Å². The van der Waals surface area contributed by atoms with E-state index in [9.17, 15) is 0 Å². The largest absolute Gasteiger partial charge is 0.324 e. The average molecular weight is 256 g/mol. The molecule has 0 fully saturated rings. The van der Waals surface area contributed by atoms with E-state index in [-0.39, 0.29) is 0 Å². The van der Waals surface area contributed by atoms with Crippen molar-refractivity contribution in [2.45, 2.75) is 19.6 Å². The second-order valence-electron chi connectivity index (χ2n) is 4.45. The summed E-state index contributed by atoms with van der Waals surface area (Å²) in [6.07, 6.45) is 0. The Labute approximate surface area is 111 Å². The summed E-state index contributed by atoms with van der Waals surface area (Å²) in [5.74, 6) is 0. The lowest BCUT2D eigenvalue weighted by molar-refractivity contribution is 0.848. The molecule has 0 bridgehead atoms. The fourth-order valence-electron chi connectivity index (χ4n) is 1.81. The fourth-order valence-corrected chi connectivity index (χ4v) is 3.03. The quantitative estimate of drug-likeness (QED) is 0.776. The summed E-state index contributed by atoms with van der Waals surface area (Å²) in [4.78, 5) is 7.19. The van der Waals surface area contributed by atoms with Crippen LogP contribution in [0.3, 0.4) is 0 Å². The van der Waals surface area contributed by atoms with Gasteiger partial charge in [0.05, 0.1) is 0 Å². The molecule has 0 aliphatic carbocycles. The smallest absolute Gasteiger partial charge is 0.181 e. The first-order chi connectivity index (χ1) is 8.84. The Balaban J connectivity index is 1.71. The van der Waals surface area contributed by atoms with Gasteiger partial charge in [-0.1, -0.05) is 60.7 Å². The van der Waals surface area contributed by atoms with Crippen LogP contribution in [0.2, 0.25) is 6.55 Å². The highest BCUT2D eigenvalue weighted by Crippen LogP contribution is 1.99. The molecule has 0 atom stereocenters. The summed E-state index contributed by atoms with van der Waals surface area (Å²) in [6, 6.07) is 21.1. The van der Waals surface area contributed by atoms with E-state index in [2.05, 4.69) is 77.2 Å². The third-order valence-corrected chi connectivity index (χ3v) is 4.54. The predicted molar refractivity (Wildman–Crippen MR) is 79.6 cm³/mol. The van der Waals surface area contributed by atoms with E-state index in [1.54, 1.807) is 0 Å². The van der Waals surface area contributed by atoms with E-state index >= 15 is 0 Å². The van der Waals surface area contributed by atoms with Crippen molar-refractivity contribution in [1.82, 2.24) is 9.96 Å². The molecule has 0 amide bonds. The summed E-state index contributed by atoms with van der Waals surface area (Å²) in [6.45, 7) is 4.19. The van der Waals surface area contributed by atoms with Crippen molar-refractivity contribution in [2.24, 2.45) is 0 Å². The van der Waals surface area contributed by atoms with Crippen molar-refractivity contribution in [3.8, 4) is 0 Å². The molecule has 0 spiro atoms. The Morgan fingerprint density at radius 2 is 1.11 bits per heavy atom. The Kier molecular flexibility index (Phi) is 5.14. The molecule has 0 aromatic heterocycles. The highest BCUT2D eigenvalue weighted by molar-refractivity contribution is 6.51. The number of rotatable bonds is 6. The van der Waals surface area contributed by atoms with Gasteiger partial charge in [-0.15, -0.1) is 0 Å². The number of nitrogens with one attached hydrogen (secondary N) is 2. The Morgan fingerprint density at radius 3 is 1.50 bits per heavy atom. The van der Waals surface area contributed by atoms with Gasteiger partial charge < -0.3 is 9.96 Å². The van der Waals surface area contributed by atoms with E-state index in [1.165, 1.54) is 11.1 Å². The van der Waals surface area contributed by atoms with E-state index in [0.717, 1.165) is 13.1 Å². The molecule has 0 saturated heterocycles. The van der Waals surface area contributed by atoms with Crippen LogP contribution in [0.1, 0.15) is 11.1 Å². The summed E-state index contributed by atoms with van der Waals surface area (Å²) < 4.78 is 0. The normalized spacial score (nSPS) is 10.8. The molecule has 2 nitrogen and oxygen atoms in total. The van der Waals surface area contributed by atoms with Crippen LogP contribution in [0.15, 0.2) is 60.7 Å². The lowest BCUT2D eigenvalue weighted by Gasteiger charge is -2.14. The molecule has 0 saturated carbocycles. The molecular formula is C15H20N2Si. The molecule has 0 heterocycles. The zero-order valence-corrected chi connectivity index (χ0v) is 11.9. The van der Waals surface area contributed by atoms with Crippen molar-refractivity contribution < 1.29 is 0 Å². The highest BCUT2D eigenvalue weighted by Gasteiger charge is 2.02. The summed E-state index contributed by atoms with van der Waals surface area (Å²) in [7, 11) is -1.04. The van der Waals surface area contributed by atoms with E-state index in [4.69, 9.17) is 0 Å². The monoisotopic (exact) mass is 256 g/mol. The van der Waals surface area contributed by atoms with Crippen LogP contribution in [0.5, 0.6) is 0 Å². The fraction of sp³-hybridized carbons (Fsp3) is 0.200. The summed E-state index contributed by atoms with van der Waals surface area (Å²) in [5, 5.41) is 0. The van der Waals surface area contributed by atoms with Crippen molar-refractivity contribution >= 4 is 9.12 Å². The molecule has 0 radical (unpaired) electrons. The minimum absolute atomic E-state index is 0.954. The molecule has 94 valence electrons. The minimum Gasteiger partial charge on any atom is -0.324 e. The second kappa shape index (κ2) is 7.11. The Hall–Kier alpha value is -1.42. The van der Waals surface area contributed by atoms with Crippen molar-refractivity contribution in [3.63, 3.8) is 0 Å². The molecular weight excluding hydrogens is 236 g/mol. The third-order valence-electron chi connectivity index (χ3n) is 2.91. The van der Waals surface area contributed by atoms with Crippen LogP contribution in [-0.4, -0.2) is 9.12 Å². The maximum Gasteiger partial charge on any atom is 0.181 e. The van der Waals surface area contributed by atoms with Gasteiger partial charge in [0.1, 0.15) is 0 Å². The van der Waals surface area contributed by atoms with Crippen LogP contribution in [0.4, 0.5) is 0 Å². The first-order valence-electron chi connectivity index (χ1n) is 6.39. The van der Waals surface area contributed by atoms with Gasteiger partial charge in [-0.25, -0.2) is 0 Å². The zero-order chi connectivity index (χ0) is 12.6. The number of benzene rings is 2. The molecule has 0 aliphatic rings. The van der Waals surface area contributed by atoms with Gasteiger partial charge in [0.15, 0.2) is 9.12 Å². The summed E-state index contributed by atoms with van der Waals surface area (Å²) >= 11 is 0. The van der Waals surface area contributed by atoms with Gasteiger partial charge >= 0.3 is 0 Å². The zero-order valence-electron chi connectivity index (χ0n) is 10.8. The van der Waals surface area contributed by atoms with E-state index in [0.29, 0.717) is 0 Å². The van der Waals surface area contributed by atoms with E-state index in [1.807, 2.05) is 0 Å². The third kappa shape index (κ3) is 4.45. The van der Waals surface area contributed by atoms with Crippen LogP contribution in [0, 0.1) is 0 Å². The molecule has 2 N–H and O–H groups in total. The van der Waals surface area contributed by atoms with Crippen LogP contribution in [-0.2, 0) is 13.1 Å².